The van der Waals surface area contributed by atoms with E-state index in [2.05, 4.69) is 66.2 Å². The van der Waals surface area contributed by atoms with Gasteiger partial charge in [0, 0.05) is 44.5 Å². The van der Waals surface area contributed by atoms with Crippen molar-refractivity contribution in [1.29, 1.82) is 0 Å². The summed E-state index contributed by atoms with van der Waals surface area (Å²) in [6.07, 6.45) is 0. The molecule has 29 heavy (non-hydrogen) atoms. The summed E-state index contributed by atoms with van der Waals surface area (Å²) in [5.74, 6) is 1.65. The highest BCUT2D eigenvalue weighted by Crippen LogP contribution is 2.32. The summed E-state index contributed by atoms with van der Waals surface area (Å²) in [6, 6.07) is 8.32. The molecule has 2 aromatic rings. The van der Waals surface area contributed by atoms with E-state index in [-0.39, 0.29) is 5.91 Å². The maximum atomic E-state index is 12.8. The Morgan fingerprint density at radius 3 is 2.17 bits per heavy atom. The van der Waals surface area contributed by atoms with Gasteiger partial charge in [0.2, 0.25) is 5.91 Å². The monoisotopic (exact) mass is 398 g/mol. The third-order valence-corrected chi connectivity index (χ3v) is 5.53. The van der Waals surface area contributed by atoms with Crippen LogP contribution in [0, 0.1) is 6.92 Å². The number of hydrogen-bond acceptors (Lipinski definition) is 5. The van der Waals surface area contributed by atoms with Gasteiger partial charge < -0.3 is 9.84 Å². The molecule has 0 unspecified atom stereocenters. The van der Waals surface area contributed by atoms with Gasteiger partial charge in [-0.2, -0.15) is 0 Å². The lowest BCUT2D eigenvalue weighted by atomic mass is 9.92. The number of rotatable bonds is 7. The van der Waals surface area contributed by atoms with Crippen LogP contribution in [0.25, 0.3) is 0 Å². The first-order chi connectivity index (χ1) is 13.8. The molecule has 0 atom stereocenters. The Morgan fingerprint density at radius 1 is 1.07 bits per heavy atom. The molecule has 1 aliphatic heterocycles. The van der Waals surface area contributed by atoms with Gasteiger partial charge in [-0.1, -0.05) is 51.1 Å². The van der Waals surface area contributed by atoms with Crippen LogP contribution in [-0.2, 0) is 11.3 Å². The van der Waals surface area contributed by atoms with E-state index in [0.29, 0.717) is 18.4 Å². The van der Waals surface area contributed by atoms with Crippen LogP contribution in [0.1, 0.15) is 62.1 Å². The predicted molar refractivity (Wildman–Crippen MR) is 116 cm³/mol. The maximum absolute atomic E-state index is 12.8. The van der Waals surface area contributed by atoms with Crippen molar-refractivity contribution in [2.45, 2.75) is 53.0 Å². The number of aromatic nitrogens is 1. The number of para-hydroxylation sites is 1. The predicted octanol–water partition coefficient (Wildman–Crippen LogP) is 3.99. The molecule has 0 bridgehead atoms. The molecular weight excluding hydrogens is 364 g/mol. The first-order valence-corrected chi connectivity index (χ1v) is 10.6. The quantitative estimate of drug-likeness (QED) is 0.764. The lowest BCUT2D eigenvalue weighted by molar-refractivity contribution is -0.117. The average molecular weight is 399 g/mol. The number of amides is 1. The summed E-state index contributed by atoms with van der Waals surface area (Å²) < 4.78 is 5.15. The maximum Gasteiger partial charge on any atom is 0.238 e. The van der Waals surface area contributed by atoms with Gasteiger partial charge in [-0.05, 0) is 29.9 Å². The number of piperazine rings is 1. The normalized spacial score (nSPS) is 16.0. The van der Waals surface area contributed by atoms with Crippen molar-refractivity contribution in [3.05, 3.63) is 46.8 Å². The van der Waals surface area contributed by atoms with Crippen molar-refractivity contribution in [3.8, 4) is 0 Å². The molecule has 0 aliphatic carbocycles. The Balaban J connectivity index is 1.55. The summed E-state index contributed by atoms with van der Waals surface area (Å²) in [6.45, 7) is 15.5. The lowest BCUT2D eigenvalue weighted by Gasteiger charge is -2.34. The fourth-order valence-electron chi connectivity index (χ4n) is 3.90. The van der Waals surface area contributed by atoms with Gasteiger partial charge in [0.25, 0.3) is 0 Å². The largest absolute Gasteiger partial charge is 0.361 e. The number of carbonyl (C=O) groups is 1. The molecule has 6 heteroatoms. The lowest BCUT2D eigenvalue weighted by Crippen LogP contribution is -2.48. The Labute approximate surface area is 174 Å². The van der Waals surface area contributed by atoms with Crippen molar-refractivity contribution >= 4 is 11.6 Å². The van der Waals surface area contributed by atoms with Crippen molar-refractivity contribution in [2.75, 3.05) is 38.0 Å². The van der Waals surface area contributed by atoms with Crippen LogP contribution in [0.2, 0.25) is 0 Å². The van der Waals surface area contributed by atoms with Gasteiger partial charge in [0.1, 0.15) is 5.76 Å². The molecule has 2 heterocycles. The minimum absolute atomic E-state index is 0.0700. The molecule has 158 valence electrons. The zero-order valence-corrected chi connectivity index (χ0v) is 18.4. The van der Waals surface area contributed by atoms with Crippen LogP contribution in [0.15, 0.2) is 28.8 Å². The van der Waals surface area contributed by atoms with E-state index in [1.54, 1.807) is 0 Å². The topological polar surface area (TPSA) is 61.6 Å². The number of benzene rings is 1. The Bertz CT molecular complexity index is 794. The minimum atomic E-state index is 0.0700. The molecule has 0 radical (unpaired) electrons. The minimum Gasteiger partial charge on any atom is -0.361 e. The van der Waals surface area contributed by atoms with Gasteiger partial charge in [-0.25, -0.2) is 0 Å². The second-order valence-corrected chi connectivity index (χ2v) is 8.65. The highest BCUT2D eigenvalue weighted by Gasteiger charge is 2.21. The van der Waals surface area contributed by atoms with E-state index in [1.807, 2.05) is 13.0 Å². The fraction of sp³-hybridized carbons (Fsp3) is 0.565. The molecule has 0 spiro atoms. The molecule has 3 rings (SSSR count). The van der Waals surface area contributed by atoms with Crippen molar-refractivity contribution in [2.24, 2.45) is 0 Å². The molecule has 1 aromatic carbocycles. The van der Waals surface area contributed by atoms with Crippen LogP contribution in [0.3, 0.4) is 0 Å². The first-order valence-electron chi connectivity index (χ1n) is 10.6. The van der Waals surface area contributed by atoms with E-state index in [9.17, 15) is 4.79 Å². The average Bonchev–Trinajstić information content (AvgIpc) is 3.07. The first kappa shape index (κ1) is 21.5. The standard InChI is InChI=1S/C23H34N4O2/c1-16(2)20-7-6-8-21(17(3)4)23(20)24-22(28)15-27-11-9-26(10-12-27)14-19-13-18(5)29-25-19/h6-8,13,16-17H,9-12,14-15H2,1-5H3,(H,24,28). The second-order valence-electron chi connectivity index (χ2n) is 8.65. The summed E-state index contributed by atoms with van der Waals surface area (Å²) >= 11 is 0. The highest BCUT2D eigenvalue weighted by atomic mass is 16.5. The van der Waals surface area contributed by atoms with Crippen LogP contribution in [0.4, 0.5) is 5.69 Å². The zero-order chi connectivity index (χ0) is 21.0. The van der Waals surface area contributed by atoms with Crippen molar-refractivity contribution < 1.29 is 9.32 Å². The molecular formula is C23H34N4O2. The number of nitrogens with one attached hydrogen (secondary N) is 1. The smallest absolute Gasteiger partial charge is 0.238 e. The van der Waals surface area contributed by atoms with Crippen LogP contribution < -0.4 is 5.32 Å². The Hall–Kier alpha value is -2.18. The van der Waals surface area contributed by atoms with Gasteiger partial charge >= 0.3 is 0 Å². The summed E-state index contributed by atoms with van der Waals surface area (Å²) in [4.78, 5) is 17.4. The summed E-state index contributed by atoms with van der Waals surface area (Å²) in [5, 5.41) is 7.30. The third-order valence-electron chi connectivity index (χ3n) is 5.53. The number of hydrogen-bond donors (Lipinski definition) is 1. The number of aryl methyl sites for hydroxylation is 1. The second kappa shape index (κ2) is 9.55. The summed E-state index contributed by atoms with van der Waals surface area (Å²) in [5.41, 5.74) is 4.39. The van der Waals surface area contributed by atoms with Crippen LogP contribution in [-0.4, -0.2) is 53.6 Å². The van der Waals surface area contributed by atoms with Crippen molar-refractivity contribution in [3.63, 3.8) is 0 Å². The Kier molecular flexibility index (Phi) is 7.09. The molecule has 1 N–H and O–H groups in total. The van der Waals surface area contributed by atoms with Crippen LogP contribution in [0.5, 0.6) is 0 Å². The van der Waals surface area contributed by atoms with E-state index in [0.717, 1.165) is 49.9 Å². The van der Waals surface area contributed by atoms with Gasteiger partial charge in [0.15, 0.2) is 0 Å². The third kappa shape index (κ3) is 5.67. The molecule has 1 aliphatic rings. The molecule has 1 saturated heterocycles. The van der Waals surface area contributed by atoms with Crippen LogP contribution >= 0.6 is 0 Å². The highest BCUT2D eigenvalue weighted by molar-refractivity contribution is 5.94. The van der Waals surface area contributed by atoms with Gasteiger partial charge in [-0.15, -0.1) is 0 Å². The number of carbonyl (C=O) groups excluding carboxylic acids is 1. The zero-order valence-electron chi connectivity index (χ0n) is 18.4. The Morgan fingerprint density at radius 2 is 1.66 bits per heavy atom. The molecule has 0 saturated carbocycles. The van der Waals surface area contributed by atoms with Gasteiger partial charge in [-0.3, -0.25) is 14.6 Å². The van der Waals surface area contributed by atoms with E-state index < -0.39 is 0 Å². The molecule has 1 amide bonds. The van der Waals surface area contributed by atoms with E-state index in [4.69, 9.17) is 4.52 Å². The molecule has 1 fully saturated rings. The van der Waals surface area contributed by atoms with Gasteiger partial charge in [0.05, 0.1) is 12.2 Å². The summed E-state index contributed by atoms with van der Waals surface area (Å²) in [7, 11) is 0. The molecule has 1 aromatic heterocycles. The van der Waals surface area contributed by atoms with Crippen molar-refractivity contribution in [1.82, 2.24) is 15.0 Å². The fourth-order valence-corrected chi connectivity index (χ4v) is 3.90. The van der Waals surface area contributed by atoms with E-state index in [1.165, 1.54) is 11.1 Å². The number of nitrogens with zero attached hydrogens (tertiary/aromatic N) is 3. The number of anilines is 1. The molecule has 6 nitrogen and oxygen atoms in total. The SMILES string of the molecule is Cc1cc(CN2CCN(CC(=O)Nc3c(C(C)C)cccc3C(C)C)CC2)no1. The van der Waals surface area contributed by atoms with E-state index >= 15 is 0 Å².